The minimum absolute atomic E-state index is 0.223. The number of hydrogen-bond acceptors (Lipinski definition) is 5. The Kier molecular flexibility index (Phi) is 4.41. The lowest BCUT2D eigenvalue weighted by Gasteiger charge is -2.03. The van der Waals surface area contributed by atoms with E-state index in [0.717, 1.165) is 16.9 Å². The molecule has 0 atom stereocenters. The smallest absolute Gasteiger partial charge is 0.363 e. The molecule has 0 N–H and O–H groups in total. The van der Waals surface area contributed by atoms with Crippen LogP contribution in [0.1, 0.15) is 28.2 Å². The van der Waals surface area contributed by atoms with Crippen molar-refractivity contribution in [1.82, 2.24) is 9.78 Å². The van der Waals surface area contributed by atoms with Gasteiger partial charge in [-0.3, -0.25) is 4.68 Å². The molecule has 0 amide bonds. The number of nitrogens with zero attached hydrogens (tertiary/aromatic N) is 3. The highest BCUT2D eigenvalue weighted by atomic mass is 35.5. The topological polar surface area (TPSA) is 69.6 Å². The van der Waals surface area contributed by atoms with E-state index in [1.807, 2.05) is 37.4 Å². The van der Waals surface area contributed by atoms with Crippen molar-refractivity contribution in [1.29, 1.82) is 0 Å². The first-order valence-corrected chi connectivity index (χ1v) is 8.73. The molecule has 0 spiro atoms. The minimum atomic E-state index is -0.498. The lowest BCUT2D eigenvalue weighted by atomic mass is 10.2. The van der Waals surface area contributed by atoms with Crippen LogP contribution in [0, 0.1) is 13.8 Å². The molecule has 4 rings (SSSR count). The summed E-state index contributed by atoms with van der Waals surface area (Å²) in [5, 5.41) is 5.00. The van der Waals surface area contributed by atoms with Crippen LogP contribution in [0.4, 0.5) is 0 Å². The number of rotatable bonds is 4. The van der Waals surface area contributed by atoms with Gasteiger partial charge in [-0.05, 0) is 37.6 Å². The second kappa shape index (κ2) is 6.89. The van der Waals surface area contributed by atoms with Gasteiger partial charge in [-0.1, -0.05) is 29.8 Å². The Morgan fingerprint density at radius 1 is 1.26 bits per heavy atom. The molecule has 0 aliphatic carbocycles. The van der Waals surface area contributed by atoms with Crippen LogP contribution in [0.3, 0.4) is 0 Å². The van der Waals surface area contributed by atoms with Gasteiger partial charge in [-0.25, -0.2) is 9.79 Å². The standard InChI is InChI=1S/C20H16ClN3O3/c1-12-7-16(13(2)26-12)19-23-18(20(25)27-19)8-14-9-22-24(10-14)11-15-5-3-4-6-17(15)21/h3-10H,11H2,1-2H3/b18-8-. The number of hydrogen-bond donors (Lipinski definition) is 0. The number of carbonyl (C=O) groups is 1. The first-order chi connectivity index (χ1) is 13.0. The lowest BCUT2D eigenvalue weighted by molar-refractivity contribution is -0.129. The van der Waals surface area contributed by atoms with Crippen LogP contribution in [0.2, 0.25) is 5.02 Å². The Morgan fingerprint density at radius 3 is 2.81 bits per heavy atom. The second-order valence-electron chi connectivity index (χ2n) is 6.23. The Hall–Kier alpha value is -3.12. The molecule has 0 saturated carbocycles. The van der Waals surface area contributed by atoms with Crippen molar-refractivity contribution in [2.75, 3.05) is 0 Å². The minimum Gasteiger partial charge on any atom is -0.466 e. The van der Waals surface area contributed by atoms with E-state index >= 15 is 0 Å². The fourth-order valence-corrected chi connectivity index (χ4v) is 3.06. The number of halogens is 1. The van der Waals surface area contributed by atoms with Crippen molar-refractivity contribution in [3.05, 3.63) is 81.7 Å². The first-order valence-electron chi connectivity index (χ1n) is 8.35. The SMILES string of the molecule is Cc1cc(C2=N/C(=C\c3cnn(Cc4ccccc4Cl)c3)C(=O)O2)c(C)o1. The molecule has 6 nitrogen and oxygen atoms in total. The molecule has 0 saturated heterocycles. The number of aliphatic imine (C=N–C) groups is 1. The van der Waals surface area contributed by atoms with Crippen molar-refractivity contribution < 1.29 is 13.9 Å². The largest absolute Gasteiger partial charge is 0.466 e. The molecule has 3 heterocycles. The van der Waals surface area contributed by atoms with Crippen LogP contribution >= 0.6 is 11.6 Å². The summed E-state index contributed by atoms with van der Waals surface area (Å²) in [7, 11) is 0. The monoisotopic (exact) mass is 381 g/mol. The molecule has 3 aromatic rings. The molecule has 7 heteroatoms. The Labute approximate surface area is 160 Å². The molecular formula is C20H16ClN3O3. The molecule has 27 heavy (non-hydrogen) atoms. The first kappa shape index (κ1) is 17.3. The zero-order valence-electron chi connectivity index (χ0n) is 14.8. The summed E-state index contributed by atoms with van der Waals surface area (Å²) in [4.78, 5) is 16.4. The summed E-state index contributed by atoms with van der Waals surface area (Å²) in [6.45, 7) is 4.17. The normalized spacial score (nSPS) is 15.3. The third-order valence-corrected chi connectivity index (χ3v) is 4.51. The molecule has 0 bridgehead atoms. The third-order valence-electron chi connectivity index (χ3n) is 4.14. The number of aromatic nitrogens is 2. The number of aryl methyl sites for hydroxylation is 2. The van der Waals surface area contributed by atoms with Crippen molar-refractivity contribution in [2.24, 2.45) is 4.99 Å². The van der Waals surface area contributed by atoms with Gasteiger partial charge in [0.1, 0.15) is 11.5 Å². The van der Waals surface area contributed by atoms with Crippen LogP contribution in [-0.4, -0.2) is 21.6 Å². The summed E-state index contributed by atoms with van der Waals surface area (Å²) >= 11 is 6.19. The predicted molar refractivity (Wildman–Crippen MR) is 102 cm³/mol. The van der Waals surface area contributed by atoms with Gasteiger partial charge in [0.25, 0.3) is 0 Å². The number of ether oxygens (including phenoxy) is 1. The molecule has 0 radical (unpaired) electrons. The summed E-state index contributed by atoms with van der Waals surface area (Å²) in [6.07, 6.45) is 5.13. The van der Waals surface area contributed by atoms with E-state index in [9.17, 15) is 4.79 Å². The Bertz CT molecular complexity index is 1090. The summed E-state index contributed by atoms with van der Waals surface area (Å²) in [6, 6.07) is 9.40. The quantitative estimate of drug-likeness (QED) is 0.503. The van der Waals surface area contributed by atoms with Crippen LogP contribution < -0.4 is 0 Å². The zero-order chi connectivity index (χ0) is 19.0. The molecule has 136 valence electrons. The van der Waals surface area contributed by atoms with Crippen LogP contribution in [0.25, 0.3) is 6.08 Å². The zero-order valence-corrected chi connectivity index (χ0v) is 15.5. The molecule has 1 aliphatic rings. The maximum Gasteiger partial charge on any atom is 0.363 e. The van der Waals surface area contributed by atoms with E-state index in [4.69, 9.17) is 20.8 Å². The third kappa shape index (κ3) is 3.57. The number of carbonyl (C=O) groups excluding carboxylic acids is 1. The fraction of sp³-hybridized carbons (Fsp3) is 0.150. The second-order valence-corrected chi connectivity index (χ2v) is 6.63. The lowest BCUT2D eigenvalue weighted by Crippen LogP contribution is -2.05. The maximum atomic E-state index is 12.1. The van der Waals surface area contributed by atoms with Gasteiger partial charge in [0.15, 0.2) is 5.70 Å². The van der Waals surface area contributed by atoms with Crippen molar-refractivity contribution in [3.8, 4) is 0 Å². The molecule has 1 aliphatic heterocycles. The van der Waals surface area contributed by atoms with Gasteiger partial charge in [-0.2, -0.15) is 5.10 Å². The van der Waals surface area contributed by atoms with Crippen molar-refractivity contribution in [3.63, 3.8) is 0 Å². The average Bonchev–Trinajstić information content (AvgIpc) is 3.30. The van der Waals surface area contributed by atoms with Gasteiger partial charge >= 0.3 is 5.97 Å². The number of furan rings is 1. The Morgan fingerprint density at radius 2 is 2.07 bits per heavy atom. The van der Waals surface area contributed by atoms with Crippen molar-refractivity contribution in [2.45, 2.75) is 20.4 Å². The number of cyclic esters (lactones) is 1. The van der Waals surface area contributed by atoms with E-state index < -0.39 is 5.97 Å². The van der Waals surface area contributed by atoms with E-state index in [0.29, 0.717) is 22.9 Å². The van der Waals surface area contributed by atoms with Gasteiger partial charge in [0.05, 0.1) is 18.3 Å². The highest BCUT2D eigenvalue weighted by molar-refractivity contribution is 6.31. The maximum absolute atomic E-state index is 12.1. The molecule has 0 unspecified atom stereocenters. The van der Waals surface area contributed by atoms with Gasteiger partial charge in [0, 0.05) is 16.8 Å². The predicted octanol–water partition coefficient (Wildman–Crippen LogP) is 4.14. The van der Waals surface area contributed by atoms with Gasteiger partial charge in [0.2, 0.25) is 5.90 Å². The highest BCUT2D eigenvalue weighted by Gasteiger charge is 2.26. The van der Waals surface area contributed by atoms with Crippen molar-refractivity contribution >= 4 is 29.5 Å². The fourth-order valence-electron chi connectivity index (χ4n) is 2.87. The van der Waals surface area contributed by atoms with Crippen LogP contribution in [-0.2, 0) is 16.1 Å². The molecule has 1 aromatic carbocycles. The average molecular weight is 382 g/mol. The van der Waals surface area contributed by atoms with E-state index in [1.165, 1.54) is 0 Å². The summed E-state index contributed by atoms with van der Waals surface area (Å²) in [5.41, 5.74) is 2.62. The number of esters is 1. The highest BCUT2D eigenvalue weighted by Crippen LogP contribution is 2.23. The summed E-state index contributed by atoms with van der Waals surface area (Å²) < 4.78 is 12.5. The molecule has 2 aromatic heterocycles. The van der Waals surface area contributed by atoms with E-state index in [1.54, 1.807) is 29.9 Å². The molecule has 0 fully saturated rings. The Balaban J connectivity index is 1.57. The van der Waals surface area contributed by atoms with Gasteiger partial charge < -0.3 is 9.15 Å². The van der Waals surface area contributed by atoms with Crippen LogP contribution in [0.15, 0.2) is 57.8 Å². The molecular weight excluding hydrogens is 366 g/mol. The van der Waals surface area contributed by atoms with Crippen LogP contribution in [0.5, 0.6) is 0 Å². The van der Waals surface area contributed by atoms with E-state index in [-0.39, 0.29) is 11.6 Å². The summed E-state index contributed by atoms with van der Waals surface area (Å²) in [5.74, 6) is 1.15. The van der Waals surface area contributed by atoms with Gasteiger partial charge in [-0.15, -0.1) is 0 Å². The van der Waals surface area contributed by atoms with E-state index in [2.05, 4.69) is 10.1 Å². The number of benzene rings is 1.